The van der Waals surface area contributed by atoms with E-state index in [9.17, 15) is 19.5 Å². The Morgan fingerprint density at radius 1 is 0.731 bits per heavy atom. The summed E-state index contributed by atoms with van der Waals surface area (Å²) < 4.78 is 43.7. The van der Waals surface area contributed by atoms with Crippen LogP contribution in [0, 0.1) is 12.8 Å². The predicted molar refractivity (Wildman–Crippen MR) is 250 cm³/mol. The molecular weight excluding hydrogens is 851 g/mol. The van der Waals surface area contributed by atoms with E-state index in [4.69, 9.17) is 32.8 Å². The van der Waals surface area contributed by atoms with Crippen LogP contribution >= 0.6 is 0 Å². The molecule has 67 heavy (non-hydrogen) atoms. The highest BCUT2D eigenvalue weighted by molar-refractivity contribution is 6.12. The van der Waals surface area contributed by atoms with Gasteiger partial charge in [0.25, 0.3) is 0 Å². The number of hydrogen-bond acceptors (Lipinski definition) is 11. The number of cyclic esters (lactones) is 1. The molecule has 2 fully saturated rings. The second kappa shape index (κ2) is 23.0. The standard InChI is InChI=1S/C55H57NO11/c1-37-17-15-26-42(29-37)44-32-47(49(58)45(31-39-20-9-4-10-21-39)53(59)56-43(36-65-55(56)60)30-38-18-7-3-8-19-38)66-46(44)27-16-28-62-52-51(64-35-41-24-13-6-14-25-41)50(48(33-57)67-54(52)61-2)63-34-40-22-11-5-12-23-40/h3-15,17-26,29,32,43,45,48,50-52,54,57H,16,27-28,30-31,33-36H2,1-2H3. The third-order valence-electron chi connectivity index (χ3n) is 12.2. The van der Waals surface area contributed by atoms with E-state index in [-0.39, 0.29) is 45.2 Å². The molecule has 1 aromatic heterocycles. The number of Topliss-reactive ketones (excluding diaryl/α,β-unsaturated/α-hetero) is 1. The number of nitrogens with zero attached hydrogens (tertiary/aromatic N) is 1. The summed E-state index contributed by atoms with van der Waals surface area (Å²) in [7, 11) is 1.52. The number of ketones is 1. The molecule has 0 saturated carbocycles. The van der Waals surface area contributed by atoms with Crippen LogP contribution in [0.25, 0.3) is 11.1 Å². The first-order chi connectivity index (χ1) is 32.8. The Labute approximate surface area is 391 Å². The molecule has 7 unspecified atom stereocenters. The van der Waals surface area contributed by atoms with Crippen LogP contribution in [0.3, 0.4) is 0 Å². The number of aliphatic hydroxyl groups is 1. The van der Waals surface area contributed by atoms with Gasteiger partial charge in [-0.25, -0.2) is 9.69 Å². The smallest absolute Gasteiger partial charge is 0.417 e. The number of rotatable bonds is 21. The van der Waals surface area contributed by atoms with E-state index in [0.717, 1.165) is 38.3 Å². The minimum atomic E-state index is -1.27. The molecule has 8 rings (SSSR count). The SMILES string of the molecule is COC1OC(CO)C(OCc2ccccc2)C(OCc2ccccc2)C1OCCCc1oc(C(=O)C(Cc2ccccc2)C(=O)N2C(=O)OCC2Cc2ccccc2)cc1-c1cccc(C)c1. The number of benzene rings is 5. The van der Waals surface area contributed by atoms with Gasteiger partial charge in [-0.2, -0.15) is 0 Å². The van der Waals surface area contributed by atoms with Crippen LogP contribution < -0.4 is 0 Å². The molecular formula is C55H57NO11. The molecule has 348 valence electrons. The van der Waals surface area contributed by atoms with Crippen LogP contribution in [-0.2, 0) is 65.7 Å². The third-order valence-corrected chi connectivity index (χ3v) is 12.2. The Morgan fingerprint density at radius 2 is 1.34 bits per heavy atom. The van der Waals surface area contributed by atoms with E-state index in [0.29, 0.717) is 30.6 Å². The molecule has 0 radical (unpaired) electrons. The summed E-state index contributed by atoms with van der Waals surface area (Å²) in [5.41, 5.74) is 6.18. The fraction of sp³-hybridized carbons (Fsp3) is 0.327. The summed E-state index contributed by atoms with van der Waals surface area (Å²) in [4.78, 5) is 43.8. The van der Waals surface area contributed by atoms with E-state index in [1.54, 1.807) is 6.07 Å². The van der Waals surface area contributed by atoms with Crippen LogP contribution in [0.2, 0.25) is 0 Å². The minimum absolute atomic E-state index is 0.0110. The average molecular weight is 908 g/mol. The van der Waals surface area contributed by atoms with Gasteiger partial charge in [0.15, 0.2) is 12.1 Å². The minimum Gasteiger partial charge on any atom is -0.457 e. The van der Waals surface area contributed by atoms with Gasteiger partial charge in [0.2, 0.25) is 11.7 Å². The van der Waals surface area contributed by atoms with Gasteiger partial charge >= 0.3 is 6.09 Å². The van der Waals surface area contributed by atoms with Crippen molar-refractivity contribution in [3.63, 3.8) is 0 Å². The molecule has 2 saturated heterocycles. The monoisotopic (exact) mass is 907 g/mol. The molecule has 2 aliphatic rings. The Hall–Kier alpha value is -6.25. The largest absolute Gasteiger partial charge is 0.457 e. The lowest BCUT2D eigenvalue weighted by molar-refractivity contribution is -0.319. The van der Waals surface area contributed by atoms with Gasteiger partial charge < -0.3 is 37.9 Å². The lowest BCUT2D eigenvalue weighted by atomic mass is 9.91. The Morgan fingerprint density at radius 3 is 1.96 bits per heavy atom. The van der Waals surface area contributed by atoms with Crippen molar-refractivity contribution in [2.24, 2.45) is 5.92 Å². The molecule has 3 heterocycles. The first-order valence-electron chi connectivity index (χ1n) is 22.8. The lowest BCUT2D eigenvalue weighted by Crippen LogP contribution is -2.61. The zero-order valence-corrected chi connectivity index (χ0v) is 37.8. The number of aryl methyl sites for hydroxylation is 2. The molecule has 0 bridgehead atoms. The van der Waals surface area contributed by atoms with Gasteiger partial charge in [-0.1, -0.05) is 151 Å². The van der Waals surface area contributed by atoms with E-state index < -0.39 is 60.4 Å². The number of methoxy groups -OCH3 is 1. The quantitative estimate of drug-likeness (QED) is 0.0421. The number of hydrogen-bond donors (Lipinski definition) is 1. The molecule has 5 aromatic carbocycles. The molecule has 7 atom stereocenters. The van der Waals surface area contributed by atoms with Crippen LogP contribution in [0.4, 0.5) is 4.79 Å². The number of furan rings is 1. The van der Waals surface area contributed by atoms with E-state index in [1.807, 2.05) is 153 Å². The van der Waals surface area contributed by atoms with Crippen molar-refractivity contribution in [1.29, 1.82) is 0 Å². The van der Waals surface area contributed by atoms with E-state index in [1.165, 1.54) is 7.11 Å². The van der Waals surface area contributed by atoms with Crippen LogP contribution in [-0.4, -0.2) is 91.5 Å². The number of imide groups is 1. The molecule has 6 aromatic rings. The Kier molecular flexibility index (Phi) is 16.2. The maximum absolute atomic E-state index is 14.8. The number of carbonyl (C=O) groups excluding carboxylic acids is 3. The zero-order chi connectivity index (χ0) is 46.5. The first kappa shape index (κ1) is 47.3. The topological polar surface area (TPSA) is 143 Å². The maximum atomic E-state index is 14.8. The summed E-state index contributed by atoms with van der Waals surface area (Å²) in [6.07, 6.45) is -3.33. The van der Waals surface area contributed by atoms with Crippen molar-refractivity contribution in [2.45, 2.75) is 82.6 Å². The van der Waals surface area contributed by atoms with Crippen LogP contribution in [0.1, 0.15) is 50.6 Å². The molecule has 12 nitrogen and oxygen atoms in total. The maximum Gasteiger partial charge on any atom is 0.417 e. The van der Waals surface area contributed by atoms with Crippen LogP contribution in [0.5, 0.6) is 0 Å². The molecule has 0 aliphatic carbocycles. The van der Waals surface area contributed by atoms with Gasteiger partial charge in [-0.05, 0) is 60.1 Å². The number of amides is 2. The number of aliphatic hydroxyl groups excluding tert-OH is 1. The van der Waals surface area contributed by atoms with Crippen molar-refractivity contribution < 1.29 is 52.3 Å². The molecule has 2 aliphatic heterocycles. The van der Waals surface area contributed by atoms with E-state index in [2.05, 4.69) is 0 Å². The molecule has 2 amide bonds. The van der Waals surface area contributed by atoms with Crippen LogP contribution in [0.15, 0.2) is 156 Å². The van der Waals surface area contributed by atoms with Gasteiger partial charge in [0.1, 0.15) is 42.7 Å². The van der Waals surface area contributed by atoms with Crippen molar-refractivity contribution in [3.05, 3.63) is 191 Å². The predicted octanol–water partition coefficient (Wildman–Crippen LogP) is 8.74. The normalized spacial score (nSPS) is 20.9. The Balaban J connectivity index is 1.04. The fourth-order valence-electron chi connectivity index (χ4n) is 8.81. The first-order valence-corrected chi connectivity index (χ1v) is 22.8. The van der Waals surface area contributed by atoms with Crippen molar-refractivity contribution in [2.75, 3.05) is 26.9 Å². The number of ether oxygens (including phenoxy) is 6. The molecule has 1 N–H and O–H groups in total. The second-order valence-corrected chi connectivity index (χ2v) is 17.0. The van der Waals surface area contributed by atoms with Crippen molar-refractivity contribution in [3.8, 4) is 11.1 Å². The van der Waals surface area contributed by atoms with Gasteiger partial charge in [0.05, 0.1) is 25.9 Å². The van der Waals surface area contributed by atoms with E-state index >= 15 is 0 Å². The average Bonchev–Trinajstić information content (AvgIpc) is 3.96. The highest BCUT2D eigenvalue weighted by Crippen LogP contribution is 2.34. The fourth-order valence-corrected chi connectivity index (χ4v) is 8.81. The molecule has 0 spiro atoms. The van der Waals surface area contributed by atoms with Crippen molar-refractivity contribution in [1.82, 2.24) is 4.90 Å². The molecule has 12 heteroatoms. The zero-order valence-electron chi connectivity index (χ0n) is 37.8. The summed E-state index contributed by atoms with van der Waals surface area (Å²) in [5, 5.41) is 10.5. The van der Waals surface area contributed by atoms with Gasteiger partial charge in [-0.15, -0.1) is 0 Å². The highest BCUT2D eigenvalue weighted by atomic mass is 16.7. The summed E-state index contributed by atoms with van der Waals surface area (Å²) >= 11 is 0. The summed E-state index contributed by atoms with van der Waals surface area (Å²) in [6.45, 7) is 2.42. The summed E-state index contributed by atoms with van der Waals surface area (Å²) in [5.74, 6) is -1.90. The Bertz CT molecular complexity index is 2520. The third kappa shape index (κ3) is 11.8. The van der Waals surface area contributed by atoms with Crippen molar-refractivity contribution >= 4 is 17.8 Å². The highest BCUT2D eigenvalue weighted by Gasteiger charge is 2.49. The summed E-state index contributed by atoms with van der Waals surface area (Å²) in [6, 6.07) is 47.4. The van der Waals surface area contributed by atoms with Gasteiger partial charge in [-0.3, -0.25) is 9.59 Å². The number of carbonyl (C=O) groups is 3. The van der Waals surface area contributed by atoms with Gasteiger partial charge in [0, 0.05) is 25.7 Å². The lowest BCUT2D eigenvalue weighted by Gasteiger charge is -2.45. The second-order valence-electron chi connectivity index (χ2n) is 17.0.